The van der Waals surface area contributed by atoms with Gasteiger partial charge in [-0.05, 0) is 49.2 Å². The Morgan fingerprint density at radius 2 is 1.62 bits per heavy atom. The Kier molecular flexibility index (Phi) is 8.50. The predicted octanol–water partition coefficient (Wildman–Crippen LogP) is 3.41. The van der Waals surface area contributed by atoms with Crippen LogP contribution >= 0.6 is 0 Å². The molecule has 172 valence electrons. The van der Waals surface area contributed by atoms with E-state index in [4.69, 9.17) is 14.2 Å². The molecule has 0 spiro atoms. The number of carbonyl (C=O) groups is 2. The van der Waals surface area contributed by atoms with Gasteiger partial charge in [0.2, 0.25) is 5.91 Å². The van der Waals surface area contributed by atoms with Crippen molar-refractivity contribution in [1.82, 2.24) is 9.80 Å². The van der Waals surface area contributed by atoms with Crippen LogP contribution in [0, 0.1) is 0 Å². The highest BCUT2D eigenvalue weighted by Crippen LogP contribution is 2.28. The minimum atomic E-state index is -0.0236. The van der Waals surface area contributed by atoms with E-state index in [0.717, 1.165) is 38.5 Å². The monoisotopic (exact) mass is 440 g/mol. The maximum atomic E-state index is 12.6. The molecule has 0 unspecified atom stereocenters. The van der Waals surface area contributed by atoms with Gasteiger partial charge in [-0.25, -0.2) is 0 Å². The Labute approximate surface area is 189 Å². The summed E-state index contributed by atoms with van der Waals surface area (Å²) in [7, 11) is 3.21. The normalized spacial score (nSPS) is 14.2. The zero-order valence-corrected chi connectivity index (χ0v) is 19.1. The first kappa shape index (κ1) is 23.6. The Morgan fingerprint density at radius 1 is 0.906 bits per heavy atom. The highest BCUT2D eigenvalue weighted by molar-refractivity contribution is 5.94. The van der Waals surface area contributed by atoms with Crippen LogP contribution in [0.1, 0.15) is 35.7 Å². The molecule has 2 aromatic carbocycles. The van der Waals surface area contributed by atoms with Crippen molar-refractivity contribution in [2.24, 2.45) is 0 Å². The van der Waals surface area contributed by atoms with Crippen molar-refractivity contribution in [1.29, 1.82) is 0 Å². The molecule has 2 aromatic rings. The number of Topliss-reactive ketones (excluding diaryl/α,β-unsaturated/α-hetero) is 1. The minimum Gasteiger partial charge on any atom is -0.497 e. The van der Waals surface area contributed by atoms with Crippen molar-refractivity contribution in [3.63, 3.8) is 0 Å². The molecule has 0 radical (unpaired) electrons. The average Bonchev–Trinajstić information content (AvgIpc) is 2.82. The largest absolute Gasteiger partial charge is 0.497 e. The lowest BCUT2D eigenvalue weighted by atomic mass is 10.1. The van der Waals surface area contributed by atoms with E-state index in [1.165, 1.54) is 12.5 Å². The number of hydrogen-bond donors (Lipinski definition) is 0. The maximum absolute atomic E-state index is 12.6. The number of rotatable bonds is 10. The SMILES string of the molecule is COc1ccc(CN2CCN(C(=O)CCCOc3ccc(C(C)=O)cc3OC)CC2)cc1. The second kappa shape index (κ2) is 11.5. The number of carbonyl (C=O) groups excluding carboxylic acids is 2. The molecule has 1 fully saturated rings. The first-order valence-corrected chi connectivity index (χ1v) is 10.9. The van der Waals surface area contributed by atoms with Gasteiger partial charge in [-0.3, -0.25) is 14.5 Å². The fraction of sp³-hybridized carbons (Fsp3) is 0.440. The van der Waals surface area contributed by atoms with E-state index in [-0.39, 0.29) is 11.7 Å². The van der Waals surface area contributed by atoms with E-state index in [9.17, 15) is 9.59 Å². The summed E-state index contributed by atoms with van der Waals surface area (Å²) in [6.07, 6.45) is 1.08. The van der Waals surface area contributed by atoms with E-state index >= 15 is 0 Å². The van der Waals surface area contributed by atoms with Crippen LogP contribution in [0.2, 0.25) is 0 Å². The zero-order valence-electron chi connectivity index (χ0n) is 19.1. The van der Waals surface area contributed by atoms with Crippen LogP contribution in [0.3, 0.4) is 0 Å². The van der Waals surface area contributed by atoms with Gasteiger partial charge in [-0.2, -0.15) is 0 Å². The number of piperazine rings is 1. The van der Waals surface area contributed by atoms with Gasteiger partial charge in [-0.1, -0.05) is 12.1 Å². The number of methoxy groups -OCH3 is 2. The second-order valence-electron chi connectivity index (χ2n) is 7.88. The Balaban J connectivity index is 1.37. The summed E-state index contributed by atoms with van der Waals surface area (Å²) in [6, 6.07) is 13.2. The molecular formula is C25H32N2O5. The van der Waals surface area contributed by atoms with Crippen molar-refractivity contribution in [2.45, 2.75) is 26.3 Å². The third kappa shape index (κ3) is 6.47. The Bertz CT molecular complexity index is 905. The molecule has 0 saturated carbocycles. The molecule has 1 heterocycles. The summed E-state index contributed by atoms with van der Waals surface area (Å²) in [5.74, 6) is 2.11. The lowest BCUT2D eigenvalue weighted by molar-refractivity contribution is -0.133. The first-order chi connectivity index (χ1) is 15.5. The summed E-state index contributed by atoms with van der Waals surface area (Å²) < 4.78 is 16.3. The van der Waals surface area contributed by atoms with Crippen LogP contribution in [0.5, 0.6) is 17.2 Å². The Morgan fingerprint density at radius 3 is 2.25 bits per heavy atom. The van der Waals surface area contributed by atoms with Gasteiger partial charge in [-0.15, -0.1) is 0 Å². The van der Waals surface area contributed by atoms with Gasteiger partial charge in [0.05, 0.1) is 20.8 Å². The summed E-state index contributed by atoms with van der Waals surface area (Å²) in [4.78, 5) is 28.4. The van der Waals surface area contributed by atoms with Gasteiger partial charge in [0.1, 0.15) is 5.75 Å². The minimum absolute atomic E-state index is 0.0236. The van der Waals surface area contributed by atoms with Crippen LogP contribution in [0.15, 0.2) is 42.5 Å². The number of ketones is 1. The lowest BCUT2D eigenvalue weighted by Gasteiger charge is -2.34. The van der Waals surface area contributed by atoms with E-state index in [1.807, 2.05) is 17.0 Å². The van der Waals surface area contributed by atoms with Crippen molar-refractivity contribution < 1.29 is 23.8 Å². The van der Waals surface area contributed by atoms with E-state index < -0.39 is 0 Å². The maximum Gasteiger partial charge on any atom is 0.222 e. The first-order valence-electron chi connectivity index (χ1n) is 10.9. The third-order valence-corrected chi connectivity index (χ3v) is 5.65. The van der Waals surface area contributed by atoms with Crippen LogP contribution < -0.4 is 14.2 Å². The molecule has 0 aliphatic carbocycles. The predicted molar refractivity (Wildman–Crippen MR) is 123 cm³/mol. The molecule has 0 N–H and O–H groups in total. The van der Waals surface area contributed by atoms with Crippen molar-refractivity contribution in [3.05, 3.63) is 53.6 Å². The van der Waals surface area contributed by atoms with Crippen molar-refractivity contribution >= 4 is 11.7 Å². The number of benzene rings is 2. The number of nitrogens with zero attached hydrogens (tertiary/aromatic N) is 2. The van der Waals surface area contributed by atoms with E-state index in [1.54, 1.807) is 32.4 Å². The van der Waals surface area contributed by atoms with E-state index in [0.29, 0.717) is 36.5 Å². The molecule has 1 aliphatic rings. The highest BCUT2D eigenvalue weighted by Gasteiger charge is 2.21. The molecule has 32 heavy (non-hydrogen) atoms. The molecule has 1 amide bonds. The second-order valence-corrected chi connectivity index (χ2v) is 7.88. The molecule has 7 nitrogen and oxygen atoms in total. The summed E-state index contributed by atoms with van der Waals surface area (Å²) in [5.41, 5.74) is 1.82. The van der Waals surface area contributed by atoms with Gasteiger partial charge < -0.3 is 19.1 Å². The van der Waals surface area contributed by atoms with Gasteiger partial charge in [0, 0.05) is 44.7 Å². The number of ether oxygens (including phenoxy) is 3. The molecule has 1 saturated heterocycles. The lowest BCUT2D eigenvalue weighted by Crippen LogP contribution is -2.48. The van der Waals surface area contributed by atoms with Gasteiger partial charge >= 0.3 is 0 Å². The number of amides is 1. The standard InChI is InChI=1S/C25H32N2O5/c1-19(28)21-8-11-23(24(17-21)31-3)32-16-4-5-25(29)27-14-12-26(13-15-27)18-20-6-9-22(30-2)10-7-20/h6-11,17H,4-5,12-16,18H2,1-3H3. The van der Waals surface area contributed by atoms with Crippen molar-refractivity contribution in [3.8, 4) is 17.2 Å². The zero-order chi connectivity index (χ0) is 22.9. The molecule has 0 aromatic heterocycles. The van der Waals surface area contributed by atoms with Crippen LogP contribution in [0.4, 0.5) is 0 Å². The highest BCUT2D eigenvalue weighted by atomic mass is 16.5. The molecule has 7 heteroatoms. The van der Waals surface area contributed by atoms with Crippen LogP contribution in [0.25, 0.3) is 0 Å². The summed E-state index contributed by atoms with van der Waals surface area (Å²) >= 11 is 0. The topological polar surface area (TPSA) is 68.3 Å². The fourth-order valence-electron chi connectivity index (χ4n) is 3.71. The van der Waals surface area contributed by atoms with E-state index in [2.05, 4.69) is 17.0 Å². The van der Waals surface area contributed by atoms with Gasteiger partial charge in [0.25, 0.3) is 0 Å². The molecular weight excluding hydrogens is 408 g/mol. The quantitative estimate of drug-likeness (QED) is 0.417. The summed E-state index contributed by atoms with van der Waals surface area (Å²) in [5, 5.41) is 0. The van der Waals surface area contributed by atoms with Crippen molar-refractivity contribution in [2.75, 3.05) is 47.0 Å². The molecule has 0 atom stereocenters. The third-order valence-electron chi connectivity index (χ3n) is 5.65. The fourth-order valence-corrected chi connectivity index (χ4v) is 3.71. The molecule has 0 bridgehead atoms. The average molecular weight is 441 g/mol. The smallest absolute Gasteiger partial charge is 0.222 e. The molecule has 3 rings (SSSR count). The van der Waals surface area contributed by atoms with Crippen LogP contribution in [-0.2, 0) is 11.3 Å². The number of hydrogen-bond acceptors (Lipinski definition) is 6. The molecule has 1 aliphatic heterocycles. The van der Waals surface area contributed by atoms with Crippen LogP contribution in [-0.4, -0.2) is 68.5 Å². The Hall–Kier alpha value is -3.06. The van der Waals surface area contributed by atoms with Gasteiger partial charge in [0.15, 0.2) is 17.3 Å². The summed E-state index contributed by atoms with van der Waals surface area (Å²) in [6.45, 7) is 6.04.